The van der Waals surface area contributed by atoms with E-state index in [1.54, 1.807) is 9.80 Å². The van der Waals surface area contributed by atoms with Gasteiger partial charge in [0, 0.05) is 76.3 Å². The molecule has 18 heteroatoms. The molecule has 2 aromatic heterocycles. The quantitative estimate of drug-likeness (QED) is 0.162. The van der Waals surface area contributed by atoms with Gasteiger partial charge in [0.15, 0.2) is 0 Å². The first kappa shape index (κ1) is 49.9. The second-order valence-corrected chi connectivity index (χ2v) is 20.6. The minimum absolute atomic E-state index is 0.0399. The molecule has 2 atom stereocenters. The van der Waals surface area contributed by atoms with Crippen LogP contribution in [0.25, 0.3) is 0 Å². The molecule has 2 amide bonds. The molecule has 6 fully saturated rings. The molecule has 2 saturated carbocycles. The van der Waals surface area contributed by atoms with Gasteiger partial charge in [0.05, 0.1) is 39.3 Å². The van der Waals surface area contributed by atoms with E-state index >= 15 is 0 Å². The third kappa shape index (κ3) is 14.7. The summed E-state index contributed by atoms with van der Waals surface area (Å²) in [5, 5.41) is 17.2. The van der Waals surface area contributed by atoms with Crippen LogP contribution in [0.1, 0.15) is 181 Å². The number of aromatic nitrogens is 4. The van der Waals surface area contributed by atoms with Crippen LogP contribution >= 0.6 is 0 Å². The first-order chi connectivity index (χ1) is 31.9. The van der Waals surface area contributed by atoms with E-state index in [1.165, 1.54) is 64.2 Å². The molecule has 368 valence electrons. The second-order valence-electron chi connectivity index (χ2n) is 20.6. The Morgan fingerprint density at radius 3 is 1.44 bits per heavy atom. The predicted molar refractivity (Wildman–Crippen MR) is 242 cm³/mol. The van der Waals surface area contributed by atoms with Gasteiger partial charge in [0.1, 0.15) is 5.60 Å². The zero-order valence-corrected chi connectivity index (χ0v) is 39.9. The molecule has 0 spiro atoms. The van der Waals surface area contributed by atoms with Gasteiger partial charge in [-0.3, -0.25) is 29.0 Å². The van der Waals surface area contributed by atoms with Gasteiger partial charge in [-0.05, 0) is 45.4 Å². The molecule has 1 N–H and O–H groups in total. The number of ether oxygens (including phenoxy) is 3. The summed E-state index contributed by atoms with van der Waals surface area (Å²) in [6.07, 6.45) is 18.9. The lowest BCUT2D eigenvalue weighted by Gasteiger charge is -2.46. The minimum Gasteiger partial charge on any atom is -0.481 e. The monoisotopic (exact) mass is 925 g/mol. The van der Waals surface area contributed by atoms with Crippen molar-refractivity contribution in [1.29, 1.82) is 0 Å². The molecule has 4 aliphatic heterocycles. The summed E-state index contributed by atoms with van der Waals surface area (Å²) in [7, 11) is 0. The van der Waals surface area contributed by atoms with Crippen molar-refractivity contribution in [3.8, 4) is 0 Å². The molecule has 0 bridgehead atoms. The molecule has 4 saturated heterocycles. The highest BCUT2D eigenvalue weighted by Crippen LogP contribution is 2.33. The van der Waals surface area contributed by atoms with Crippen LogP contribution in [0.3, 0.4) is 0 Å². The van der Waals surface area contributed by atoms with Crippen LogP contribution in [0.4, 0.5) is 0 Å². The van der Waals surface area contributed by atoms with E-state index < -0.39 is 11.6 Å². The van der Waals surface area contributed by atoms with Gasteiger partial charge in [-0.25, -0.2) is 0 Å². The van der Waals surface area contributed by atoms with Crippen LogP contribution in [0.2, 0.25) is 0 Å². The maximum absolute atomic E-state index is 12.9. The van der Waals surface area contributed by atoms with Crippen LogP contribution in [0.5, 0.6) is 0 Å². The highest BCUT2D eigenvalue weighted by atomic mass is 16.6. The zero-order chi connectivity index (χ0) is 46.5. The Hall–Kier alpha value is -4.00. The Bertz CT molecular complexity index is 1830. The molecule has 6 aliphatic rings. The largest absolute Gasteiger partial charge is 0.481 e. The number of hydrogen-bond acceptors (Lipinski definition) is 15. The van der Waals surface area contributed by atoms with E-state index in [0.29, 0.717) is 50.6 Å². The molecule has 8 rings (SSSR count). The molecule has 6 heterocycles. The van der Waals surface area contributed by atoms with Crippen LogP contribution in [-0.2, 0) is 23.8 Å². The summed E-state index contributed by atoms with van der Waals surface area (Å²) in [6, 6.07) is 0.729. The van der Waals surface area contributed by atoms with Crippen molar-refractivity contribution < 1.29 is 47.5 Å². The van der Waals surface area contributed by atoms with Crippen LogP contribution in [-0.4, -0.2) is 165 Å². The SMILES string of the molecule is CC(C)(C)OC(=O)C[C@@H](CCCC1CCCCC1)c1nc(C(=O)N2CC(N3CCOCC3)C2)no1.O=C(O)C[C@@H](CCCC1CCCCC1)c1nc(C(=O)N2CC(N3CCOCC3)C2)no1. The average Bonchev–Trinajstić information content (AvgIpc) is 3.98. The van der Waals surface area contributed by atoms with E-state index in [4.69, 9.17) is 23.3 Å². The van der Waals surface area contributed by atoms with Crippen molar-refractivity contribution in [2.75, 3.05) is 78.8 Å². The second kappa shape index (κ2) is 24.3. The molecule has 0 unspecified atom stereocenters. The Balaban J connectivity index is 0.000000198. The fourth-order valence-corrected chi connectivity index (χ4v) is 10.5. The molecule has 2 aliphatic carbocycles. The Morgan fingerprint density at radius 1 is 0.636 bits per heavy atom. The highest BCUT2D eigenvalue weighted by Gasteiger charge is 2.39. The number of carbonyl (C=O) groups excluding carboxylic acids is 3. The number of carbonyl (C=O) groups is 4. The van der Waals surface area contributed by atoms with Crippen LogP contribution in [0, 0.1) is 11.8 Å². The number of likely N-dealkylation sites (tertiary alicyclic amines) is 2. The third-order valence-corrected chi connectivity index (χ3v) is 14.4. The van der Waals surface area contributed by atoms with E-state index in [1.807, 2.05) is 20.8 Å². The number of morpholine rings is 2. The lowest BCUT2D eigenvalue weighted by atomic mass is 9.84. The van der Waals surface area contributed by atoms with Gasteiger partial charge in [-0.15, -0.1) is 0 Å². The lowest BCUT2D eigenvalue weighted by Crippen LogP contribution is -2.62. The summed E-state index contributed by atoms with van der Waals surface area (Å²) in [5.41, 5.74) is -0.547. The maximum Gasteiger partial charge on any atom is 0.307 e. The van der Waals surface area contributed by atoms with Crippen molar-refractivity contribution in [3.63, 3.8) is 0 Å². The number of carboxylic acids is 1. The molecule has 0 radical (unpaired) electrons. The van der Waals surface area contributed by atoms with Crippen molar-refractivity contribution >= 4 is 23.8 Å². The van der Waals surface area contributed by atoms with Gasteiger partial charge in [-0.1, -0.05) is 100 Å². The Morgan fingerprint density at radius 2 is 1.05 bits per heavy atom. The molecule has 2 aromatic rings. The number of hydrogen-bond donors (Lipinski definition) is 1. The number of amides is 2. The van der Waals surface area contributed by atoms with Gasteiger partial charge in [0.2, 0.25) is 11.8 Å². The predicted octanol–water partition coefficient (Wildman–Crippen LogP) is 6.33. The molecular formula is C48H76N8O10. The summed E-state index contributed by atoms with van der Waals surface area (Å²) in [6.45, 7) is 14.8. The highest BCUT2D eigenvalue weighted by molar-refractivity contribution is 5.91. The zero-order valence-electron chi connectivity index (χ0n) is 39.9. The number of nitrogens with zero attached hydrogens (tertiary/aromatic N) is 8. The fraction of sp³-hybridized carbons (Fsp3) is 0.833. The fourth-order valence-electron chi connectivity index (χ4n) is 10.5. The first-order valence-corrected chi connectivity index (χ1v) is 25.2. The number of aliphatic carboxylic acids is 1. The maximum atomic E-state index is 12.9. The normalized spacial score (nSPS) is 21.9. The van der Waals surface area contributed by atoms with Gasteiger partial charge in [-0.2, -0.15) is 9.97 Å². The van der Waals surface area contributed by atoms with E-state index in [2.05, 4.69) is 30.1 Å². The summed E-state index contributed by atoms with van der Waals surface area (Å²) < 4.78 is 27.2. The van der Waals surface area contributed by atoms with Crippen molar-refractivity contribution in [2.45, 2.75) is 166 Å². The minimum atomic E-state index is -0.884. The van der Waals surface area contributed by atoms with E-state index in [-0.39, 0.29) is 60.0 Å². The average molecular weight is 925 g/mol. The van der Waals surface area contributed by atoms with Crippen LogP contribution in [0.15, 0.2) is 9.05 Å². The van der Waals surface area contributed by atoms with Gasteiger partial charge >= 0.3 is 11.9 Å². The third-order valence-electron chi connectivity index (χ3n) is 14.4. The topological polar surface area (TPSA) is 207 Å². The van der Waals surface area contributed by atoms with Crippen LogP contribution < -0.4 is 0 Å². The molecule has 0 aromatic carbocycles. The molecular weight excluding hydrogens is 849 g/mol. The summed E-state index contributed by atoms with van der Waals surface area (Å²) >= 11 is 0. The van der Waals surface area contributed by atoms with Crippen molar-refractivity contribution in [2.24, 2.45) is 11.8 Å². The Labute approximate surface area is 390 Å². The van der Waals surface area contributed by atoms with Gasteiger partial charge < -0.3 is 38.2 Å². The number of esters is 1. The van der Waals surface area contributed by atoms with Gasteiger partial charge in [0.25, 0.3) is 23.5 Å². The lowest BCUT2D eigenvalue weighted by molar-refractivity contribution is -0.155. The van der Waals surface area contributed by atoms with Crippen molar-refractivity contribution in [1.82, 2.24) is 39.9 Å². The van der Waals surface area contributed by atoms with E-state index in [9.17, 15) is 24.3 Å². The van der Waals surface area contributed by atoms with Crippen molar-refractivity contribution in [3.05, 3.63) is 23.4 Å². The molecule has 66 heavy (non-hydrogen) atoms. The standard InChI is InChI=1S/C26H42N4O5.C22H34N4O5/c1-26(2,3)34-22(31)16-20(11-7-10-19-8-5-4-6-9-19)24-27-23(28-35-24)25(32)30-17-21(18-30)29-12-14-33-15-13-29;27-19(28)13-17(8-4-7-16-5-2-1-3-6-16)21-23-20(24-31-21)22(29)26-14-18(15-26)25-9-11-30-12-10-25/h19-21H,4-18H2,1-3H3;16-18H,1-15H2,(H,27,28)/t20-;17-/m11/s1. The van der Waals surface area contributed by atoms with E-state index in [0.717, 1.165) is 96.5 Å². The number of carboxylic acid groups (broad SMARTS) is 1. The number of rotatable bonds is 18. The smallest absolute Gasteiger partial charge is 0.307 e. The summed E-state index contributed by atoms with van der Waals surface area (Å²) in [4.78, 5) is 66.6. The Kier molecular flexibility index (Phi) is 18.4. The first-order valence-electron chi connectivity index (χ1n) is 25.2. The summed E-state index contributed by atoms with van der Waals surface area (Å²) in [5.74, 6) is 0.118. The molecule has 18 nitrogen and oxygen atoms in total.